The Kier molecular flexibility index (Phi) is 5.24. The molecule has 1 rings (SSSR count). The summed E-state index contributed by atoms with van der Waals surface area (Å²) in [5.74, 6) is -0.188. The highest BCUT2D eigenvalue weighted by molar-refractivity contribution is 5.85. The highest BCUT2D eigenvalue weighted by atomic mass is 35.5. The topological polar surface area (TPSA) is 29.5 Å². The van der Waals surface area contributed by atoms with Crippen molar-refractivity contribution in [3.8, 4) is 0 Å². The SMILES string of the molecule is CC(=O)OCN1CCCC1.Cl. The molecule has 1 aliphatic heterocycles. The normalized spacial score (nSPS) is 17.5. The summed E-state index contributed by atoms with van der Waals surface area (Å²) in [6, 6.07) is 0. The third kappa shape index (κ3) is 4.22. The maximum absolute atomic E-state index is 10.4. The van der Waals surface area contributed by atoms with Gasteiger partial charge in [0.15, 0.2) is 0 Å². The number of halogens is 1. The van der Waals surface area contributed by atoms with Gasteiger partial charge in [-0.15, -0.1) is 12.4 Å². The first-order chi connectivity index (χ1) is 4.79. The molecule has 0 aromatic carbocycles. The minimum atomic E-state index is -0.188. The minimum absolute atomic E-state index is 0. The lowest BCUT2D eigenvalue weighted by Gasteiger charge is -2.12. The van der Waals surface area contributed by atoms with Crippen LogP contribution in [0.1, 0.15) is 19.8 Å². The number of likely N-dealkylation sites (tertiary alicyclic amines) is 1. The lowest BCUT2D eigenvalue weighted by atomic mass is 10.4. The van der Waals surface area contributed by atoms with Gasteiger partial charge in [0.1, 0.15) is 6.73 Å². The van der Waals surface area contributed by atoms with Crippen molar-refractivity contribution in [2.75, 3.05) is 19.8 Å². The lowest BCUT2D eigenvalue weighted by molar-refractivity contribution is -0.145. The fourth-order valence-corrected chi connectivity index (χ4v) is 1.09. The molecular formula is C7H14ClNO2. The van der Waals surface area contributed by atoms with Crippen LogP contribution in [0.25, 0.3) is 0 Å². The molecule has 0 N–H and O–H groups in total. The van der Waals surface area contributed by atoms with Crippen molar-refractivity contribution in [2.24, 2.45) is 0 Å². The molecule has 66 valence electrons. The van der Waals surface area contributed by atoms with Crippen molar-refractivity contribution in [1.82, 2.24) is 4.90 Å². The molecule has 4 heteroatoms. The van der Waals surface area contributed by atoms with Gasteiger partial charge < -0.3 is 4.74 Å². The molecule has 0 radical (unpaired) electrons. The zero-order valence-electron chi connectivity index (χ0n) is 6.71. The van der Waals surface area contributed by atoms with Gasteiger partial charge in [-0.2, -0.15) is 0 Å². The van der Waals surface area contributed by atoms with Gasteiger partial charge in [-0.25, -0.2) is 0 Å². The molecule has 0 amide bonds. The van der Waals surface area contributed by atoms with E-state index in [1.807, 2.05) is 0 Å². The van der Waals surface area contributed by atoms with Crippen LogP contribution in [0, 0.1) is 0 Å². The maximum Gasteiger partial charge on any atom is 0.303 e. The Morgan fingerprint density at radius 3 is 2.45 bits per heavy atom. The second kappa shape index (κ2) is 5.38. The molecule has 0 atom stereocenters. The van der Waals surface area contributed by atoms with Crippen LogP contribution >= 0.6 is 12.4 Å². The molecule has 0 aliphatic carbocycles. The molecule has 11 heavy (non-hydrogen) atoms. The van der Waals surface area contributed by atoms with Crippen LogP contribution in [0.15, 0.2) is 0 Å². The second-order valence-corrected chi connectivity index (χ2v) is 2.59. The largest absolute Gasteiger partial charge is 0.450 e. The monoisotopic (exact) mass is 179 g/mol. The summed E-state index contributed by atoms with van der Waals surface area (Å²) >= 11 is 0. The Labute approximate surface area is 73.1 Å². The van der Waals surface area contributed by atoms with Gasteiger partial charge in [-0.3, -0.25) is 9.69 Å². The van der Waals surface area contributed by atoms with Gasteiger partial charge in [0.2, 0.25) is 0 Å². The van der Waals surface area contributed by atoms with E-state index >= 15 is 0 Å². The van der Waals surface area contributed by atoms with Crippen molar-refractivity contribution in [2.45, 2.75) is 19.8 Å². The predicted molar refractivity (Wildman–Crippen MR) is 44.7 cm³/mol. The number of nitrogens with zero attached hydrogens (tertiary/aromatic N) is 1. The molecule has 0 saturated carbocycles. The van der Waals surface area contributed by atoms with Crippen LogP contribution in [0.5, 0.6) is 0 Å². The molecule has 0 aromatic rings. The Hall–Kier alpha value is -0.280. The van der Waals surface area contributed by atoms with Crippen LogP contribution in [0.3, 0.4) is 0 Å². The Morgan fingerprint density at radius 1 is 1.45 bits per heavy atom. The molecule has 1 aliphatic rings. The molecule has 0 aromatic heterocycles. The first-order valence-corrected chi connectivity index (χ1v) is 3.65. The number of carbonyl (C=O) groups is 1. The Bertz CT molecular complexity index is 124. The summed E-state index contributed by atoms with van der Waals surface area (Å²) in [5, 5.41) is 0. The van der Waals surface area contributed by atoms with Gasteiger partial charge in [-0.05, 0) is 12.8 Å². The zero-order valence-corrected chi connectivity index (χ0v) is 7.52. The van der Waals surface area contributed by atoms with E-state index < -0.39 is 0 Å². The van der Waals surface area contributed by atoms with E-state index in [1.165, 1.54) is 19.8 Å². The van der Waals surface area contributed by atoms with Crippen LogP contribution < -0.4 is 0 Å². The summed E-state index contributed by atoms with van der Waals surface area (Å²) in [7, 11) is 0. The third-order valence-electron chi connectivity index (χ3n) is 1.65. The van der Waals surface area contributed by atoms with E-state index in [9.17, 15) is 4.79 Å². The summed E-state index contributed by atoms with van der Waals surface area (Å²) in [4.78, 5) is 12.5. The predicted octanol–water partition coefficient (Wildman–Crippen LogP) is 1.02. The lowest BCUT2D eigenvalue weighted by Crippen LogP contribution is -2.23. The molecule has 0 spiro atoms. The van der Waals surface area contributed by atoms with E-state index in [0.717, 1.165) is 13.1 Å². The highest BCUT2D eigenvalue weighted by Gasteiger charge is 2.11. The summed E-state index contributed by atoms with van der Waals surface area (Å²) in [6.45, 7) is 4.08. The third-order valence-corrected chi connectivity index (χ3v) is 1.65. The average molecular weight is 180 g/mol. The number of carbonyl (C=O) groups excluding carboxylic acids is 1. The Morgan fingerprint density at radius 2 is 2.00 bits per heavy atom. The number of rotatable bonds is 2. The summed E-state index contributed by atoms with van der Waals surface area (Å²) in [6.07, 6.45) is 2.47. The van der Waals surface area contributed by atoms with Gasteiger partial charge in [-0.1, -0.05) is 0 Å². The van der Waals surface area contributed by atoms with E-state index in [4.69, 9.17) is 4.74 Å². The fraction of sp³-hybridized carbons (Fsp3) is 0.857. The smallest absolute Gasteiger partial charge is 0.303 e. The maximum atomic E-state index is 10.4. The van der Waals surface area contributed by atoms with Gasteiger partial charge in [0.05, 0.1) is 0 Å². The average Bonchev–Trinajstić information content (AvgIpc) is 2.34. The van der Waals surface area contributed by atoms with Gasteiger partial charge >= 0.3 is 5.97 Å². The molecule has 0 bridgehead atoms. The first kappa shape index (κ1) is 10.7. The van der Waals surface area contributed by atoms with Crippen LogP contribution in [-0.2, 0) is 9.53 Å². The zero-order chi connectivity index (χ0) is 7.40. The van der Waals surface area contributed by atoms with E-state index in [2.05, 4.69) is 4.90 Å². The van der Waals surface area contributed by atoms with Gasteiger partial charge in [0, 0.05) is 20.0 Å². The number of ether oxygens (including phenoxy) is 1. The summed E-state index contributed by atoms with van der Waals surface area (Å²) in [5.41, 5.74) is 0. The molecule has 1 heterocycles. The van der Waals surface area contributed by atoms with Crippen LogP contribution in [0.4, 0.5) is 0 Å². The van der Waals surface area contributed by atoms with Crippen molar-refractivity contribution in [3.05, 3.63) is 0 Å². The second-order valence-electron chi connectivity index (χ2n) is 2.59. The molecular weight excluding hydrogens is 166 g/mol. The van der Waals surface area contributed by atoms with Crippen LogP contribution in [0.2, 0.25) is 0 Å². The minimum Gasteiger partial charge on any atom is -0.450 e. The molecule has 1 fully saturated rings. The number of hydrogen-bond donors (Lipinski definition) is 0. The number of hydrogen-bond acceptors (Lipinski definition) is 3. The highest BCUT2D eigenvalue weighted by Crippen LogP contribution is 2.06. The quantitative estimate of drug-likeness (QED) is 0.593. The molecule has 0 unspecified atom stereocenters. The van der Waals surface area contributed by atoms with Crippen molar-refractivity contribution in [1.29, 1.82) is 0 Å². The van der Waals surface area contributed by atoms with Crippen molar-refractivity contribution in [3.63, 3.8) is 0 Å². The molecule has 1 saturated heterocycles. The fourth-order valence-electron chi connectivity index (χ4n) is 1.09. The van der Waals surface area contributed by atoms with Gasteiger partial charge in [0.25, 0.3) is 0 Å². The summed E-state index contributed by atoms with van der Waals surface area (Å²) < 4.78 is 4.81. The van der Waals surface area contributed by atoms with E-state index in [0.29, 0.717) is 6.73 Å². The van der Waals surface area contributed by atoms with Crippen LogP contribution in [-0.4, -0.2) is 30.7 Å². The number of esters is 1. The molecule has 3 nitrogen and oxygen atoms in total. The Balaban J connectivity index is 0.000001000. The first-order valence-electron chi connectivity index (χ1n) is 3.65. The van der Waals surface area contributed by atoms with Crippen molar-refractivity contribution >= 4 is 18.4 Å². The standard InChI is InChI=1S/C7H13NO2.ClH/c1-7(9)10-6-8-4-2-3-5-8;/h2-6H2,1H3;1H. The van der Waals surface area contributed by atoms with E-state index in [-0.39, 0.29) is 18.4 Å². The van der Waals surface area contributed by atoms with Crippen molar-refractivity contribution < 1.29 is 9.53 Å². The van der Waals surface area contributed by atoms with E-state index in [1.54, 1.807) is 0 Å².